The van der Waals surface area contributed by atoms with Gasteiger partial charge in [-0.1, -0.05) is 33.2 Å². The van der Waals surface area contributed by atoms with E-state index in [9.17, 15) is 0 Å². The third kappa shape index (κ3) is 2.58. The lowest BCUT2D eigenvalue weighted by Crippen LogP contribution is -2.50. The lowest BCUT2D eigenvalue weighted by Gasteiger charge is -2.34. The minimum atomic E-state index is -0.454. The quantitative estimate of drug-likeness (QED) is 0.938. The minimum absolute atomic E-state index is 0.403. The Morgan fingerprint density at radius 3 is 2.37 bits per heavy atom. The van der Waals surface area contributed by atoms with Gasteiger partial charge in [-0.2, -0.15) is 4.98 Å². The highest BCUT2D eigenvalue weighted by Crippen LogP contribution is 2.34. The fraction of sp³-hybridized carbons (Fsp3) is 0.429. The number of halogens is 1. The van der Waals surface area contributed by atoms with Crippen LogP contribution in [-0.2, 0) is 5.41 Å². The van der Waals surface area contributed by atoms with Gasteiger partial charge in [0.15, 0.2) is 0 Å². The maximum atomic E-state index is 6.19. The minimum Gasteiger partial charge on any atom is -0.338 e. The van der Waals surface area contributed by atoms with Crippen LogP contribution in [0.1, 0.15) is 33.6 Å². The molecule has 0 bridgehead atoms. The fourth-order valence-electron chi connectivity index (χ4n) is 1.50. The standard InChI is InChI=1S/C14H18BrN3O/c1-13(2,14(3,4)16)12-17-11(18-19-12)9-7-5-6-8-10(9)15/h5-8H,16H2,1-4H3. The summed E-state index contributed by atoms with van der Waals surface area (Å²) < 4.78 is 6.34. The van der Waals surface area contributed by atoms with Gasteiger partial charge in [-0.25, -0.2) is 0 Å². The molecular formula is C14H18BrN3O. The molecule has 2 aromatic rings. The van der Waals surface area contributed by atoms with E-state index in [1.807, 2.05) is 52.0 Å². The third-order valence-corrected chi connectivity index (χ3v) is 4.38. The molecule has 2 rings (SSSR count). The number of aromatic nitrogens is 2. The zero-order chi connectivity index (χ0) is 14.3. The van der Waals surface area contributed by atoms with Crippen LogP contribution in [0.2, 0.25) is 0 Å². The third-order valence-electron chi connectivity index (χ3n) is 3.69. The lowest BCUT2D eigenvalue weighted by atomic mass is 9.75. The van der Waals surface area contributed by atoms with Crippen molar-refractivity contribution < 1.29 is 4.52 Å². The maximum Gasteiger partial charge on any atom is 0.234 e. The molecule has 4 nitrogen and oxygen atoms in total. The molecule has 0 saturated carbocycles. The van der Waals surface area contributed by atoms with Crippen LogP contribution in [0.15, 0.2) is 33.3 Å². The van der Waals surface area contributed by atoms with Crippen LogP contribution in [0.4, 0.5) is 0 Å². The van der Waals surface area contributed by atoms with Crippen LogP contribution in [0.25, 0.3) is 11.4 Å². The van der Waals surface area contributed by atoms with Gasteiger partial charge >= 0.3 is 0 Å². The molecule has 0 aliphatic heterocycles. The first-order valence-electron chi connectivity index (χ1n) is 6.11. The summed E-state index contributed by atoms with van der Waals surface area (Å²) in [5.74, 6) is 1.12. The van der Waals surface area contributed by atoms with Crippen LogP contribution >= 0.6 is 15.9 Å². The largest absolute Gasteiger partial charge is 0.338 e. The summed E-state index contributed by atoms with van der Waals surface area (Å²) >= 11 is 3.49. The predicted molar refractivity (Wildman–Crippen MR) is 78.7 cm³/mol. The zero-order valence-corrected chi connectivity index (χ0v) is 13.2. The Balaban J connectivity index is 2.43. The molecule has 0 atom stereocenters. The summed E-state index contributed by atoms with van der Waals surface area (Å²) in [6.07, 6.45) is 0. The Morgan fingerprint density at radius 1 is 1.16 bits per heavy atom. The second-order valence-corrected chi connectivity index (χ2v) is 6.60. The van der Waals surface area contributed by atoms with Crippen LogP contribution < -0.4 is 5.73 Å². The first-order chi connectivity index (χ1) is 8.73. The van der Waals surface area contributed by atoms with Crippen molar-refractivity contribution in [2.45, 2.75) is 38.6 Å². The summed E-state index contributed by atoms with van der Waals surface area (Å²) in [6, 6.07) is 7.78. The molecule has 0 saturated heterocycles. The normalized spacial score (nSPS) is 12.7. The van der Waals surface area contributed by atoms with E-state index >= 15 is 0 Å². The van der Waals surface area contributed by atoms with Gasteiger partial charge in [0.25, 0.3) is 0 Å². The Bertz CT molecular complexity index is 584. The van der Waals surface area contributed by atoms with Gasteiger partial charge < -0.3 is 10.3 Å². The van der Waals surface area contributed by atoms with E-state index in [0.717, 1.165) is 10.0 Å². The van der Waals surface area contributed by atoms with Crippen molar-refractivity contribution in [2.24, 2.45) is 5.73 Å². The molecule has 0 aliphatic carbocycles. The van der Waals surface area contributed by atoms with E-state index in [1.165, 1.54) is 0 Å². The lowest BCUT2D eigenvalue weighted by molar-refractivity contribution is 0.223. The second kappa shape index (κ2) is 4.72. The monoisotopic (exact) mass is 323 g/mol. The van der Waals surface area contributed by atoms with E-state index in [1.54, 1.807) is 0 Å². The first kappa shape index (κ1) is 14.2. The van der Waals surface area contributed by atoms with Gasteiger partial charge in [0.1, 0.15) is 0 Å². The predicted octanol–water partition coefficient (Wildman–Crippen LogP) is 3.51. The molecule has 0 unspecified atom stereocenters. The Hall–Kier alpha value is -1.20. The maximum absolute atomic E-state index is 6.19. The topological polar surface area (TPSA) is 64.9 Å². The first-order valence-corrected chi connectivity index (χ1v) is 6.91. The van der Waals surface area contributed by atoms with E-state index in [2.05, 4.69) is 26.1 Å². The molecule has 1 aromatic heterocycles. The zero-order valence-electron chi connectivity index (χ0n) is 11.6. The van der Waals surface area contributed by atoms with Crippen molar-refractivity contribution in [3.05, 3.63) is 34.6 Å². The van der Waals surface area contributed by atoms with E-state index < -0.39 is 11.0 Å². The molecule has 0 aliphatic rings. The van der Waals surface area contributed by atoms with Crippen LogP contribution in [0.3, 0.4) is 0 Å². The van der Waals surface area contributed by atoms with Crippen molar-refractivity contribution in [2.75, 3.05) is 0 Å². The number of nitrogens with zero attached hydrogens (tertiary/aromatic N) is 2. The van der Waals surface area contributed by atoms with Crippen molar-refractivity contribution in [1.82, 2.24) is 10.1 Å². The van der Waals surface area contributed by atoms with Crippen LogP contribution in [0.5, 0.6) is 0 Å². The van der Waals surface area contributed by atoms with Crippen LogP contribution in [-0.4, -0.2) is 15.7 Å². The molecule has 19 heavy (non-hydrogen) atoms. The van der Waals surface area contributed by atoms with Crippen molar-refractivity contribution in [1.29, 1.82) is 0 Å². The molecule has 1 aromatic carbocycles. The van der Waals surface area contributed by atoms with Gasteiger partial charge in [0.2, 0.25) is 11.7 Å². The molecule has 0 fully saturated rings. The molecule has 1 heterocycles. The highest BCUT2D eigenvalue weighted by Gasteiger charge is 2.40. The number of hydrogen-bond donors (Lipinski definition) is 1. The Morgan fingerprint density at radius 2 is 1.79 bits per heavy atom. The van der Waals surface area contributed by atoms with Crippen LogP contribution in [0, 0.1) is 0 Å². The smallest absolute Gasteiger partial charge is 0.234 e. The highest BCUT2D eigenvalue weighted by atomic mass is 79.9. The average Bonchev–Trinajstić information content (AvgIpc) is 2.77. The number of benzene rings is 1. The van der Waals surface area contributed by atoms with Crippen molar-refractivity contribution in [3.63, 3.8) is 0 Å². The van der Waals surface area contributed by atoms with E-state index in [-0.39, 0.29) is 0 Å². The van der Waals surface area contributed by atoms with Gasteiger partial charge in [-0.05, 0) is 39.8 Å². The average molecular weight is 324 g/mol. The number of nitrogens with two attached hydrogens (primary N) is 1. The molecule has 2 N–H and O–H groups in total. The molecule has 5 heteroatoms. The molecule has 0 radical (unpaired) electrons. The highest BCUT2D eigenvalue weighted by molar-refractivity contribution is 9.10. The van der Waals surface area contributed by atoms with Gasteiger partial charge in [-0.15, -0.1) is 0 Å². The van der Waals surface area contributed by atoms with Gasteiger partial charge in [-0.3, -0.25) is 0 Å². The summed E-state index contributed by atoms with van der Waals surface area (Å²) in [6.45, 7) is 7.92. The van der Waals surface area contributed by atoms with E-state index in [4.69, 9.17) is 10.3 Å². The Labute approximate surface area is 121 Å². The number of hydrogen-bond acceptors (Lipinski definition) is 4. The second-order valence-electron chi connectivity index (χ2n) is 5.75. The summed E-state index contributed by atoms with van der Waals surface area (Å²) in [5, 5.41) is 4.06. The molecule has 102 valence electrons. The Kier molecular flexibility index (Phi) is 3.53. The number of rotatable bonds is 3. The van der Waals surface area contributed by atoms with Crippen molar-refractivity contribution >= 4 is 15.9 Å². The van der Waals surface area contributed by atoms with Crippen molar-refractivity contribution in [3.8, 4) is 11.4 Å². The van der Waals surface area contributed by atoms with E-state index in [0.29, 0.717) is 11.7 Å². The fourth-order valence-corrected chi connectivity index (χ4v) is 1.97. The van der Waals surface area contributed by atoms with Gasteiger partial charge in [0, 0.05) is 15.6 Å². The molecular weight excluding hydrogens is 306 g/mol. The summed E-state index contributed by atoms with van der Waals surface area (Å²) in [5.41, 5.74) is 6.23. The molecule has 0 spiro atoms. The SMILES string of the molecule is CC(C)(N)C(C)(C)c1nc(-c2ccccc2Br)no1. The summed E-state index contributed by atoms with van der Waals surface area (Å²) in [4.78, 5) is 4.49. The summed E-state index contributed by atoms with van der Waals surface area (Å²) in [7, 11) is 0. The molecule has 0 amide bonds. The van der Waals surface area contributed by atoms with Gasteiger partial charge in [0.05, 0.1) is 5.41 Å².